The molecule has 0 amide bonds. The minimum absolute atomic E-state index is 0.875. The Hall–Kier alpha value is -2.09. The molecule has 2 heteroatoms. The standard InChI is InChI=1S/C15H14N2.C2H6/c1-12-7-8-15-14(9-12)16-11-17(15)10-13-5-3-2-4-6-13;1-2/h2-9,11H,10H2,1H3;1-2H3. The molecule has 0 aliphatic carbocycles. The summed E-state index contributed by atoms with van der Waals surface area (Å²) in [5.74, 6) is 0. The van der Waals surface area contributed by atoms with Crippen molar-refractivity contribution in [2.24, 2.45) is 0 Å². The molecule has 0 bridgehead atoms. The van der Waals surface area contributed by atoms with Crippen molar-refractivity contribution in [3.05, 3.63) is 66.0 Å². The summed E-state index contributed by atoms with van der Waals surface area (Å²) in [4.78, 5) is 4.44. The molecule has 19 heavy (non-hydrogen) atoms. The monoisotopic (exact) mass is 252 g/mol. The van der Waals surface area contributed by atoms with Gasteiger partial charge in [-0.25, -0.2) is 4.98 Å². The predicted octanol–water partition coefficient (Wildman–Crippen LogP) is 4.42. The maximum Gasteiger partial charge on any atom is 0.0961 e. The molecule has 0 saturated heterocycles. The van der Waals surface area contributed by atoms with Gasteiger partial charge in [0.05, 0.1) is 17.4 Å². The van der Waals surface area contributed by atoms with Gasteiger partial charge in [0, 0.05) is 6.54 Å². The van der Waals surface area contributed by atoms with E-state index in [9.17, 15) is 0 Å². The Balaban J connectivity index is 0.000000637. The van der Waals surface area contributed by atoms with Crippen LogP contribution in [0.25, 0.3) is 11.0 Å². The molecule has 0 fully saturated rings. The Labute approximate surface area is 114 Å². The number of hydrogen-bond donors (Lipinski definition) is 0. The molecule has 0 N–H and O–H groups in total. The summed E-state index contributed by atoms with van der Waals surface area (Å²) in [5.41, 5.74) is 4.82. The second kappa shape index (κ2) is 6.19. The van der Waals surface area contributed by atoms with E-state index in [0.717, 1.165) is 12.1 Å². The van der Waals surface area contributed by atoms with E-state index in [2.05, 4.69) is 58.9 Å². The van der Waals surface area contributed by atoms with E-state index in [0.29, 0.717) is 0 Å². The van der Waals surface area contributed by atoms with Gasteiger partial charge in [0.2, 0.25) is 0 Å². The van der Waals surface area contributed by atoms with E-state index >= 15 is 0 Å². The fraction of sp³-hybridized carbons (Fsp3) is 0.235. The van der Waals surface area contributed by atoms with E-state index in [4.69, 9.17) is 0 Å². The van der Waals surface area contributed by atoms with Crippen LogP contribution in [0.15, 0.2) is 54.9 Å². The maximum absolute atomic E-state index is 4.44. The number of fused-ring (bicyclic) bond motifs is 1. The lowest BCUT2D eigenvalue weighted by Crippen LogP contribution is -1.97. The van der Waals surface area contributed by atoms with Crippen LogP contribution in [0.3, 0.4) is 0 Å². The van der Waals surface area contributed by atoms with Gasteiger partial charge in [-0.05, 0) is 30.2 Å². The summed E-state index contributed by atoms with van der Waals surface area (Å²) in [5, 5.41) is 0. The summed E-state index contributed by atoms with van der Waals surface area (Å²) in [7, 11) is 0. The Morgan fingerprint density at radius 2 is 1.74 bits per heavy atom. The molecule has 0 atom stereocenters. The van der Waals surface area contributed by atoms with Crippen LogP contribution in [0.2, 0.25) is 0 Å². The summed E-state index contributed by atoms with van der Waals surface area (Å²) in [6.07, 6.45) is 1.91. The minimum Gasteiger partial charge on any atom is -0.326 e. The number of nitrogens with zero attached hydrogens (tertiary/aromatic N) is 2. The topological polar surface area (TPSA) is 17.8 Å². The zero-order valence-electron chi connectivity index (χ0n) is 11.8. The predicted molar refractivity (Wildman–Crippen MR) is 81.4 cm³/mol. The quantitative estimate of drug-likeness (QED) is 0.660. The smallest absolute Gasteiger partial charge is 0.0961 e. The SMILES string of the molecule is CC.Cc1ccc2c(c1)ncn2Cc1ccccc1. The Bertz CT molecular complexity index is 639. The third-order valence-corrected chi connectivity index (χ3v) is 2.97. The summed E-state index contributed by atoms with van der Waals surface area (Å²) >= 11 is 0. The van der Waals surface area contributed by atoms with E-state index < -0.39 is 0 Å². The molecule has 3 aromatic rings. The van der Waals surface area contributed by atoms with Crippen LogP contribution in [0.4, 0.5) is 0 Å². The molecule has 3 rings (SSSR count). The maximum atomic E-state index is 4.44. The van der Waals surface area contributed by atoms with Crippen molar-refractivity contribution in [3.63, 3.8) is 0 Å². The molecule has 98 valence electrons. The minimum atomic E-state index is 0.875. The number of hydrogen-bond acceptors (Lipinski definition) is 1. The van der Waals surface area contributed by atoms with Gasteiger partial charge in [-0.1, -0.05) is 50.2 Å². The van der Waals surface area contributed by atoms with Crippen molar-refractivity contribution < 1.29 is 0 Å². The van der Waals surface area contributed by atoms with Crippen LogP contribution in [0.1, 0.15) is 25.0 Å². The number of aromatic nitrogens is 2. The van der Waals surface area contributed by atoms with E-state index in [1.165, 1.54) is 16.6 Å². The van der Waals surface area contributed by atoms with Crippen molar-refractivity contribution in [2.45, 2.75) is 27.3 Å². The van der Waals surface area contributed by atoms with Crippen molar-refractivity contribution in [1.82, 2.24) is 9.55 Å². The van der Waals surface area contributed by atoms with Gasteiger partial charge in [-0.2, -0.15) is 0 Å². The molecule has 1 aromatic heterocycles. The van der Waals surface area contributed by atoms with Crippen LogP contribution in [0, 0.1) is 6.92 Å². The van der Waals surface area contributed by atoms with Gasteiger partial charge in [0.1, 0.15) is 0 Å². The van der Waals surface area contributed by atoms with Gasteiger partial charge >= 0.3 is 0 Å². The van der Waals surface area contributed by atoms with Crippen LogP contribution in [0.5, 0.6) is 0 Å². The van der Waals surface area contributed by atoms with Crippen LogP contribution in [-0.2, 0) is 6.54 Å². The third kappa shape index (κ3) is 3.02. The first-order valence-corrected chi connectivity index (χ1v) is 6.78. The summed E-state index contributed by atoms with van der Waals surface area (Å²) in [6, 6.07) is 16.8. The lowest BCUT2D eigenvalue weighted by molar-refractivity contribution is 0.824. The fourth-order valence-corrected chi connectivity index (χ4v) is 2.08. The Morgan fingerprint density at radius 3 is 2.47 bits per heavy atom. The van der Waals surface area contributed by atoms with Crippen LogP contribution >= 0.6 is 0 Å². The van der Waals surface area contributed by atoms with Gasteiger partial charge in [-0.3, -0.25) is 0 Å². The molecule has 0 aliphatic rings. The molecule has 2 aromatic carbocycles. The van der Waals surface area contributed by atoms with Gasteiger partial charge in [-0.15, -0.1) is 0 Å². The molecule has 2 nitrogen and oxygen atoms in total. The number of rotatable bonds is 2. The van der Waals surface area contributed by atoms with E-state index in [1.54, 1.807) is 0 Å². The van der Waals surface area contributed by atoms with Crippen molar-refractivity contribution >= 4 is 11.0 Å². The molecular formula is C17H20N2. The first-order valence-electron chi connectivity index (χ1n) is 6.78. The lowest BCUT2D eigenvalue weighted by atomic mass is 10.2. The fourth-order valence-electron chi connectivity index (χ4n) is 2.08. The van der Waals surface area contributed by atoms with Gasteiger partial charge in [0.25, 0.3) is 0 Å². The molecule has 0 unspecified atom stereocenters. The molecule has 0 aliphatic heterocycles. The molecular weight excluding hydrogens is 232 g/mol. The summed E-state index contributed by atoms with van der Waals surface area (Å²) < 4.78 is 2.18. The number of imidazole rings is 1. The highest BCUT2D eigenvalue weighted by atomic mass is 15.0. The molecule has 0 saturated carbocycles. The largest absolute Gasteiger partial charge is 0.326 e. The second-order valence-electron chi connectivity index (χ2n) is 4.35. The Kier molecular flexibility index (Phi) is 4.35. The highest BCUT2D eigenvalue weighted by Gasteiger charge is 2.02. The highest BCUT2D eigenvalue weighted by Crippen LogP contribution is 2.15. The normalized spacial score (nSPS) is 10.1. The molecule has 0 spiro atoms. The van der Waals surface area contributed by atoms with Gasteiger partial charge < -0.3 is 4.57 Å². The third-order valence-electron chi connectivity index (χ3n) is 2.97. The summed E-state index contributed by atoms with van der Waals surface area (Å²) in [6.45, 7) is 6.97. The van der Waals surface area contributed by atoms with Crippen LogP contribution in [-0.4, -0.2) is 9.55 Å². The van der Waals surface area contributed by atoms with Crippen molar-refractivity contribution in [1.29, 1.82) is 0 Å². The number of benzene rings is 2. The first-order chi connectivity index (χ1) is 9.33. The average molecular weight is 252 g/mol. The van der Waals surface area contributed by atoms with E-state index in [1.807, 2.05) is 26.2 Å². The zero-order valence-corrected chi connectivity index (χ0v) is 11.8. The number of aryl methyl sites for hydroxylation is 1. The second-order valence-corrected chi connectivity index (χ2v) is 4.35. The average Bonchev–Trinajstić information content (AvgIpc) is 2.84. The van der Waals surface area contributed by atoms with Crippen molar-refractivity contribution in [3.8, 4) is 0 Å². The lowest BCUT2D eigenvalue weighted by Gasteiger charge is -2.04. The molecule has 0 radical (unpaired) electrons. The highest BCUT2D eigenvalue weighted by molar-refractivity contribution is 5.76. The van der Waals surface area contributed by atoms with Crippen LogP contribution < -0.4 is 0 Å². The van der Waals surface area contributed by atoms with Gasteiger partial charge in [0.15, 0.2) is 0 Å². The van der Waals surface area contributed by atoms with Crippen molar-refractivity contribution in [2.75, 3.05) is 0 Å². The van der Waals surface area contributed by atoms with E-state index in [-0.39, 0.29) is 0 Å². The molecule has 1 heterocycles. The Morgan fingerprint density at radius 1 is 1.00 bits per heavy atom. The zero-order chi connectivity index (χ0) is 13.7. The first kappa shape index (κ1) is 13.3.